The van der Waals surface area contributed by atoms with E-state index in [-0.39, 0.29) is 6.54 Å². The summed E-state index contributed by atoms with van der Waals surface area (Å²) in [7, 11) is -1.51. The van der Waals surface area contributed by atoms with Crippen molar-refractivity contribution in [2.24, 2.45) is 0 Å². The van der Waals surface area contributed by atoms with Crippen molar-refractivity contribution >= 4 is 10.2 Å². The van der Waals surface area contributed by atoms with Crippen LogP contribution < -0.4 is 9.62 Å². The van der Waals surface area contributed by atoms with Gasteiger partial charge < -0.3 is 4.74 Å². The van der Waals surface area contributed by atoms with Gasteiger partial charge in [0.15, 0.2) is 6.61 Å². The molecular weight excluding hydrogens is 313 g/mol. The molecule has 10 heteroatoms. The molecule has 1 rings (SSSR count). The van der Waals surface area contributed by atoms with Gasteiger partial charge in [-0.15, -0.1) is 0 Å². The monoisotopic (exact) mass is 328 g/mol. The lowest BCUT2D eigenvalue weighted by atomic mass is 10.2. The number of nitrogens with one attached hydrogen (secondary N) is 1. The zero-order valence-corrected chi connectivity index (χ0v) is 12.2. The molecule has 0 saturated heterocycles. The Hall–Kier alpha value is -1.36. The fraction of sp³-hybridized carbons (Fsp3) is 0.455. The van der Waals surface area contributed by atoms with Crippen LogP contribution in [0.15, 0.2) is 24.3 Å². The summed E-state index contributed by atoms with van der Waals surface area (Å²) in [5.74, 6) is 0.541. The van der Waals surface area contributed by atoms with Crippen molar-refractivity contribution in [2.75, 3.05) is 20.8 Å². The molecule has 0 amide bonds. The quantitative estimate of drug-likeness (QED) is 0.770. The van der Waals surface area contributed by atoms with E-state index in [9.17, 15) is 21.6 Å². The molecule has 0 fully saturated rings. The first-order valence-electron chi connectivity index (χ1n) is 5.68. The van der Waals surface area contributed by atoms with Gasteiger partial charge in [-0.05, 0) is 17.7 Å². The molecule has 0 spiro atoms. The number of rotatable bonds is 7. The van der Waals surface area contributed by atoms with Gasteiger partial charge in [-0.3, -0.25) is 4.84 Å². The summed E-state index contributed by atoms with van der Waals surface area (Å²) in [5.41, 5.74) is 0.609. The van der Waals surface area contributed by atoms with Crippen LogP contribution in [0.1, 0.15) is 5.56 Å². The predicted octanol–water partition coefficient (Wildman–Crippen LogP) is 1.46. The van der Waals surface area contributed by atoms with Crippen LogP contribution >= 0.6 is 0 Å². The smallest absolute Gasteiger partial charge is 0.413 e. The Morgan fingerprint density at radius 1 is 1.33 bits per heavy atom. The first-order valence-corrected chi connectivity index (χ1v) is 7.12. The highest BCUT2D eigenvalue weighted by Crippen LogP contribution is 2.16. The van der Waals surface area contributed by atoms with Crippen molar-refractivity contribution in [1.29, 1.82) is 0 Å². The highest BCUT2D eigenvalue weighted by Gasteiger charge is 2.29. The summed E-state index contributed by atoms with van der Waals surface area (Å²) >= 11 is 0. The summed E-state index contributed by atoms with van der Waals surface area (Å²) in [5, 5.41) is 0. The maximum atomic E-state index is 11.9. The Morgan fingerprint density at radius 3 is 2.57 bits per heavy atom. The molecule has 0 bridgehead atoms. The van der Waals surface area contributed by atoms with Gasteiger partial charge in [0.25, 0.3) is 0 Å². The first-order chi connectivity index (χ1) is 9.64. The van der Waals surface area contributed by atoms with Crippen molar-refractivity contribution in [1.82, 2.24) is 9.19 Å². The summed E-state index contributed by atoms with van der Waals surface area (Å²) < 4.78 is 64.8. The molecule has 0 atom stereocenters. The van der Waals surface area contributed by atoms with Crippen molar-refractivity contribution in [3.63, 3.8) is 0 Å². The minimum atomic E-state index is -4.62. The Balaban J connectivity index is 2.62. The lowest BCUT2D eigenvalue weighted by molar-refractivity contribution is -0.181. The number of halogens is 3. The molecule has 21 heavy (non-hydrogen) atoms. The van der Waals surface area contributed by atoms with Gasteiger partial charge in [0.2, 0.25) is 0 Å². The highest BCUT2D eigenvalue weighted by atomic mass is 32.2. The topological polar surface area (TPSA) is 67.9 Å². The van der Waals surface area contributed by atoms with Gasteiger partial charge >= 0.3 is 16.4 Å². The fourth-order valence-electron chi connectivity index (χ4n) is 1.36. The molecule has 0 aromatic heterocycles. The van der Waals surface area contributed by atoms with Gasteiger partial charge in [-0.1, -0.05) is 17.0 Å². The number of ether oxygens (including phenoxy) is 1. The molecule has 120 valence electrons. The average Bonchev–Trinajstić information content (AvgIpc) is 2.37. The van der Waals surface area contributed by atoms with Crippen molar-refractivity contribution < 1.29 is 31.2 Å². The normalized spacial score (nSPS) is 12.7. The van der Waals surface area contributed by atoms with Crippen LogP contribution in [0.25, 0.3) is 0 Å². The molecule has 1 N–H and O–H groups in total. The van der Waals surface area contributed by atoms with E-state index in [4.69, 9.17) is 4.74 Å². The molecule has 0 radical (unpaired) electrons. The van der Waals surface area contributed by atoms with Gasteiger partial charge in [-0.25, -0.2) is 0 Å². The van der Waals surface area contributed by atoms with Gasteiger partial charge in [0.1, 0.15) is 5.75 Å². The maximum absolute atomic E-state index is 11.9. The maximum Gasteiger partial charge on any atom is 0.413 e. The molecule has 0 unspecified atom stereocenters. The van der Waals surface area contributed by atoms with E-state index in [1.165, 1.54) is 19.0 Å². The van der Waals surface area contributed by atoms with Gasteiger partial charge in [0, 0.05) is 13.6 Å². The summed E-state index contributed by atoms with van der Waals surface area (Å²) in [6.07, 6.45) is -4.62. The van der Waals surface area contributed by atoms with E-state index < -0.39 is 23.0 Å². The third-order valence-corrected chi connectivity index (χ3v) is 3.63. The highest BCUT2D eigenvalue weighted by molar-refractivity contribution is 7.86. The number of methoxy groups -OCH3 is 1. The van der Waals surface area contributed by atoms with Crippen LogP contribution in [0.5, 0.6) is 5.75 Å². The summed E-state index contributed by atoms with van der Waals surface area (Å²) in [4.78, 5) is 5.35. The van der Waals surface area contributed by atoms with Gasteiger partial charge in [-0.2, -0.15) is 25.9 Å². The second-order valence-electron chi connectivity index (χ2n) is 4.10. The van der Waals surface area contributed by atoms with Crippen LogP contribution in [-0.4, -0.2) is 39.7 Å². The number of benzene rings is 1. The van der Waals surface area contributed by atoms with Crippen LogP contribution in [0.3, 0.4) is 0 Å². The van der Waals surface area contributed by atoms with Crippen LogP contribution in [0.4, 0.5) is 13.2 Å². The second kappa shape index (κ2) is 7.07. The SMILES string of the molecule is COc1cccc(CN(C)S(=O)(=O)NOCC(F)(F)F)c1. The number of hydrogen-bond acceptors (Lipinski definition) is 4. The Morgan fingerprint density at radius 2 is 2.00 bits per heavy atom. The van der Waals surface area contributed by atoms with E-state index in [2.05, 4.69) is 4.84 Å². The molecule has 0 aliphatic rings. The largest absolute Gasteiger partial charge is 0.497 e. The summed E-state index contributed by atoms with van der Waals surface area (Å²) in [6.45, 7) is -1.76. The van der Waals surface area contributed by atoms with Crippen molar-refractivity contribution in [3.8, 4) is 5.75 Å². The Bertz CT molecular complexity index is 563. The predicted molar refractivity (Wildman–Crippen MR) is 68.5 cm³/mol. The second-order valence-corrected chi connectivity index (χ2v) is 5.84. The molecule has 1 aromatic rings. The number of alkyl halides is 3. The lowest BCUT2D eigenvalue weighted by Gasteiger charge is -2.18. The zero-order chi connectivity index (χ0) is 16.1. The number of nitrogens with zero attached hydrogens (tertiary/aromatic N) is 1. The van der Waals surface area contributed by atoms with E-state index in [0.717, 1.165) is 4.31 Å². The number of hydrogen-bond donors (Lipinski definition) is 1. The van der Waals surface area contributed by atoms with Gasteiger partial charge in [0.05, 0.1) is 7.11 Å². The zero-order valence-electron chi connectivity index (χ0n) is 11.3. The first kappa shape index (κ1) is 17.7. The van der Waals surface area contributed by atoms with Crippen LogP contribution in [0.2, 0.25) is 0 Å². The molecule has 0 saturated carbocycles. The third kappa shape index (κ3) is 6.29. The molecule has 6 nitrogen and oxygen atoms in total. The summed E-state index contributed by atoms with van der Waals surface area (Å²) in [6, 6.07) is 6.62. The minimum Gasteiger partial charge on any atom is -0.497 e. The molecular formula is C11H15F3N2O4S. The molecule has 0 aliphatic carbocycles. The molecule has 1 aromatic carbocycles. The third-order valence-electron chi connectivity index (χ3n) is 2.35. The minimum absolute atomic E-state index is 0.0537. The Kier molecular flexibility index (Phi) is 5.96. The fourth-order valence-corrected chi connectivity index (χ4v) is 2.02. The van der Waals surface area contributed by atoms with Crippen molar-refractivity contribution in [3.05, 3.63) is 29.8 Å². The van der Waals surface area contributed by atoms with Crippen molar-refractivity contribution in [2.45, 2.75) is 12.7 Å². The Labute approximate surface area is 120 Å². The lowest BCUT2D eigenvalue weighted by Crippen LogP contribution is -2.39. The average molecular weight is 328 g/mol. The van der Waals surface area contributed by atoms with E-state index in [1.54, 1.807) is 24.3 Å². The van der Waals surface area contributed by atoms with E-state index in [1.807, 2.05) is 0 Å². The standard InChI is InChI=1S/C11H15F3N2O4S/c1-16(7-9-4-3-5-10(6-9)19-2)21(17,18)15-20-8-11(12,13)14/h3-6,15H,7-8H2,1-2H3. The van der Waals surface area contributed by atoms with Crippen LogP contribution in [-0.2, 0) is 21.6 Å². The van der Waals surface area contributed by atoms with E-state index in [0.29, 0.717) is 11.3 Å². The molecule has 0 aliphatic heterocycles. The molecule has 0 heterocycles. The van der Waals surface area contributed by atoms with Crippen LogP contribution in [0, 0.1) is 0 Å². The van der Waals surface area contributed by atoms with E-state index >= 15 is 0 Å².